The summed E-state index contributed by atoms with van der Waals surface area (Å²) < 4.78 is 5.44. The van der Waals surface area contributed by atoms with Crippen LogP contribution in [0.5, 0.6) is 5.88 Å². The van der Waals surface area contributed by atoms with Crippen LogP contribution < -0.4 is 10.1 Å². The highest BCUT2D eigenvalue weighted by Crippen LogP contribution is 2.23. The third-order valence-corrected chi connectivity index (χ3v) is 2.06. The van der Waals surface area contributed by atoms with Gasteiger partial charge in [-0.05, 0) is 32.0 Å². The van der Waals surface area contributed by atoms with Gasteiger partial charge in [-0.25, -0.2) is 4.98 Å². The molecule has 0 radical (unpaired) electrons. The lowest BCUT2D eigenvalue weighted by atomic mass is 10.3. The number of rotatable bonds is 5. The Hall–Kier alpha value is -0.800. The molecule has 0 spiro atoms. The van der Waals surface area contributed by atoms with Crippen LogP contribution >= 0.6 is 11.6 Å². The minimum Gasteiger partial charge on any atom is -0.474 e. The highest BCUT2D eigenvalue weighted by molar-refractivity contribution is 6.31. The van der Waals surface area contributed by atoms with Crippen LogP contribution in [0.4, 0.5) is 0 Å². The van der Waals surface area contributed by atoms with Gasteiger partial charge in [0.05, 0.1) is 6.10 Å². The number of nitrogens with one attached hydrogen (secondary N) is 1. The summed E-state index contributed by atoms with van der Waals surface area (Å²) in [6.45, 7) is 7.67. The van der Waals surface area contributed by atoms with Crippen molar-refractivity contribution in [1.29, 1.82) is 0 Å². The van der Waals surface area contributed by atoms with Gasteiger partial charge in [-0.1, -0.05) is 18.5 Å². The zero-order chi connectivity index (χ0) is 11.3. The van der Waals surface area contributed by atoms with E-state index in [1.807, 2.05) is 19.9 Å². The quantitative estimate of drug-likeness (QED) is 0.842. The van der Waals surface area contributed by atoms with E-state index in [-0.39, 0.29) is 6.10 Å². The molecule has 0 bridgehead atoms. The lowest BCUT2D eigenvalue weighted by Gasteiger charge is -2.11. The van der Waals surface area contributed by atoms with Crippen LogP contribution in [0.25, 0.3) is 0 Å². The third-order valence-electron chi connectivity index (χ3n) is 1.79. The summed E-state index contributed by atoms with van der Waals surface area (Å²) in [5, 5.41) is 3.78. The molecule has 0 fully saturated rings. The largest absolute Gasteiger partial charge is 0.474 e. The van der Waals surface area contributed by atoms with E-state index in [1.54, 1.807) is 6.20 Å². The lowest BCUT2D eigenvalue weighted by Crippen LogP contribution is -2.12. The average molecular weight is 229 g/mol. The molecule has 1 aromatic heterocycles. The zero-order valence-electron chi connectivity index (χ0n) is 9.38. The van der Waals surface area contributed by atoms with Gasteiger partial charge in [-0.3, -0.25) is 0 Å². The van der Waals surface area contributed by atoms with Gasteiger partial charge in [0.1, 0.15) is 5.02 Å². The fourth-order valence-corrected chi connectivity index (χ4v) is 1.37. The second kappa shape index (κ2) is 5.93. The Kier molecular flexibility index (Phi) is 4.85. The van der Waals surface area contributed by atoms with E-state index >= 15 is 0 Å². The molecule has 1 N–H and O–H groups in total. The average Bonchev–Trinajstić information content (AvgIpc) is 2.18. The summed E-state index contributed by atoms with van der Waals surface area (Å²) in [6.07, 6.45) is 1.88. The molecule has 0 saturated heterocycles. The first-order valence-corrected chi connectivity index (χ1v) is 5.53. The highest BCUT2D eigenvalue weighted by Gasteiger charge is 2.06. The van der Waals surface area contributed by atoms with Gasteiger partial charge >= 0.3 is 0 Å². The number of halogens is 1. The minimum atomic E-state index is 0.0922. The lowest BCUT2D eigenvalue weighted by molar-refractivity contribution is 0.232. The standard InChI is InChI=1S/C11H17ClN2O/c1-4-13-6-9-5-10(12)11(14-7-9)15-8(2)3/h5,7-8,13H,4,6H2,1-3H3. The zero-order valence-corrected chi connectivity index (χ0v) is 10.1. The second-order valence-electron chi connectivity index (χ2n) is 3.58. The molecule has 1 aromatic rings. The maximum Gasteiger partial charge on any atom is 0.232 e. The van der Waals surface area contributed by atoms with Crippen LogP contribution in [-0.2, 0) is 6.54 Å². The van der Waals surface area contributed by atoms with Gasteiger partial charge < -0.3 is 10.1 Å². The van der Waals surface area contributed by atoms with Gasteiger partial charge in [0.25, 0.3) is 0 Å². The van der Waals surface area contributed by atoms with Crippen LogP contribution in [0.2, 0.25) is 5.02 Å². The molecule has 0 atom stereocenters. The molecular weight excluding hydrogens is 212 g/mol. The van der Waals surface area contributed by atoms with Crippen molar-refractivity contribution in [3.63, 3.8) is 0 Å². The summed E-state index contributed by atoms with van der Waals surface area (Å²) in [4.78, 5) is 4.18. The summed E-state index contributed by atoms with van der Waals surface area (Å²) in [6, 6.07) is 1.88. The van der Waals surface area contributed by atoms with E-state index < -0.39 is 0 Å². The summed E-state index contributed by atoms with van der Waals surface area (Å²) in [5.41, 5.74) is 1.07. The molecule has 15 heavy (non-hydrogen) atoms. The Morgan fingerprint density at radius 2 is 2.27 bits per heavy atom. The van der Waals surface area contributed by atoms with Crippen LogP contribution in [-0.4, -0.2) is 17.6 Å². The number of ether oxygens (including phenoxy) is 1. The summed E-state index contributed by atoms with van der Waals surface area (Å²) in [5.74, 6) is 0.506. The topological polar surface area (TPSA) is 34.2 Å². The van der Waals surface area contributed by atoms with E-state index in [0.29, 0.717) is 10.9 Å². The highest BCUT2D eigenvalue weighted by atomic mass is 35.5. The number of aromatic nitrogens is 1. The second-order valence-corrected chi connectivity index (χ2v) is 3.98. The molecule has 0 aromatic carbocycles. The monoisotopic (exact) mass is 228 g/mol. The summed E-state index contributed by atoms with van der Waals surface area (Å²) >= 11 is 6.04. The van der Waals surface area contributed by atoms with Crippen molar-refractivity contribution in [1.82, 2.24) is 10.3 Å². The van der Waals surface area contributed by atoms with Crippen molar-refractivity contribution in [2.45, 2.75) is 33.4 Å². The maximum atomic E-state index is 6.04. The Balaban J connectivity index is 2.70. The molecule has 0 aliphatic heterocycles. The fourth-order valence-electron chi connectivity index (χ4n) is 1.14. The first kappa shape index (κ1) is 12.3. The van der Waals surface area contributed by atoms with Crippen LogP contribution in [0.1, 0.15) is 26.3 Å². The first-order chi connectivity index (χ1) is 7.13. The normalized spacial score (nSPS) is 10.7. The van der Waals surface area contributed by atoms with Gasteiger partial charge in [0.15, 0.2) is 0 Å². The number of nitrogens with zero attached hydrogens (tertiary/aromatic N) is 1. The predicted molar refractivity (Wildman–Crippen MR) is 62.4 cm³/mol. The minimum absolute atomic E-state index is 0.0922. The molecule has 0 aliphatic carbocycles. The number of hydrogen-bond acceptors (Lipinski definition) is 3. The Morgan fingerprint density at radius 1 is 1.53 bits per heavy atom. The van der Waals surface area contributed by atoms with E-state index in [0.717, 1.165) is 18.7 Å². The van der Waals surface area contributed by atoms with Crippen molar-refractivity contribution in [3.8, 4) is 5.88 Å². The number of pyridine rings is 1. The van der Waals surface area contributed by atoms with Crippen molar-refractivity contribution in [2.24, 2.45) is 0 Å². The Morgan fingerprint density at radius 3 is 2.80 bits per heavy atom. The first-order valence-electron chi connectivity index (χ1n) is 5.15. The molecule has 0 aliphatic rings. The van der Waals surface area contributed by atoms with Gasteiger partial charge in [-0.2, -0.15) is 0 Å². The smallest absolute Gasteiger partial charge is 0.232 e. The molecule has 0 unspecified atom stereocenters. The van der Waals surface area contributed by atoms with Gasteiger partial charge in [0, 0.05) is 12.7 Å². The van der Waals surface area contributed by atoms with E-state index in [1.165, 1.54) is 0 Å². The van der Waals surface area contributed by atoms with Crippen LogP contribution in [0.3, 0.4) is 0 Å². The van der Waals surface area contributed by atoms with E-state index in [4.69, 9.17) is 16.3 Å². The van der Waals surface area contributed by atoms with Crippen molar-refractivity contribution in [3.05, 3.63) is 22.8 Å². The Bertz CT molecular complexity index is 315. The van der Waals surface area contributed by atoms with Crippen LogP contribution in [0, 0.1) is 0 Å². The van der Waals surface area contributed by atoms with Gasteiger partial charge in [-0.15, -0.1) is 0 Å². The SMILES string of the molecule is CCNCc1cnc(OC(C)C)c(Cl)c1. The third kappa shape index (κ3) is 4.06. The molecule has 3 nitrogen and oxygen atoms in total. The predicted octanol–water partition coefficient (Wildman–Crippen LogP) is 2.63. The molecule has 4 heteroatoms. The van der Waals surface area contributed by atoms with Gasteiger partial charge in [0.2, 0.25) is 5.88 Å². The molecule has 84 valence electrons. The van der Waals surface area contributed by atoms with Crippen molar-refractivity contribution < 1.29 is 4.74 Å². The van der Waals surface area contributed by atoms with E-state index in [9.17, 15) is 0 Å². The molecule has 1 heterocycles. The van der Waals surface area contributed by atoms with Crippen LogP contribution in [0.15, 0.2) is 12.3 Å². The fraction of sp³-hybridized carbons (Fsp3) is 0.545. The van der Waals surface area contributed by atoms with Crippen molar-refractivity contribution >= 4 is 11.6 Å². The molecule has 0 saturated carbocycles. The molecule has 1 rings (SSSR count). The molecule has 0 amide bonds. The number of hydrogen-bond donors (Lipinski definition) is 1. The molecular formula is C11H17ClN2O. The summed E-state index contributed by atoms with van der Waals surface area (Å²) in [7, 11) is 0. The van der Waals surface area contributed by atoms with Crippen molar-refractivity contribution in [2.75, 3.05) is 6.54 Å². The Labute approximate surface area is 95.8 Å². The van der Waals surface area contributed by atoms with E-state index in [2.05, 4.69) is 17.2 Å². The maximum absolute atomic E-state index is 6.04.